The lowest BCUT2D eigenvalue weighted by Crippen LogP contribution is -2.39. The first kappa shape index (κ1) is 17.6. The minimum Gasteiger partial charge on any atom is -0.396 e. The molecule has 0 spiro atoms. The second-order valence-corrected chi connectivity index (χ2v) is 6.90. The standard InChI is InChI=1S/C14H21NO5S/c1-10-4-5-12(21(3,18)19)8-13(10)14(17)15-11(6-7-16)9-20-2/h4-5,8,11,16H,6-7,9H2,1-3H3,(H,15,17). The molecule has 1 aromatic rings. The van der Waals surface area contributed by atoms with Crippen molar-refractivity contribution in [2.75, 3.05) is 26.6 Å². The van der Waals surface area contributed by atoms with E-state index in [1.165, 1.54) is 19.2 Å². The highest BCUT2D eigenvalue weighted by Crippen LogP contribution is 2.16. The van der Waals surface area contributed by atoms with Gasteiger partial charge in [-0.2, -0.15) is 0 Å². The van der Waals surface area contributed by atoms with Crippen molar-refractivity contribution in [1.82, 2.24) is 5.32 Å². The molecule has 1 unspecified atom stereocenters. The Hall–Kier alpha value is -1.44. The summed E-state index contributed by atoms with van der Waals surface area (Å²) in [5.41, 5.74) is 0.983. The molecule has 0 aliphatic heterocycles. The molecule has 0 saturated carbocycles. The van der Waals surface area contributed by atoms with Crippen molar-refractivity contribution < 1.29 is 23.1 Å². The van der Waals surface area contributed by atoms with E-state index in [1.807, 2.05) is 0 Å². The maximum Gasteiger partial charge on any atom is 0.251 e. The van der Waals surface area contributed by atoms with E-state index in [0.29, 0.717) is 17.5 Å². The number of hydrogen-bond donors (Lipinski definition) is 2. The van der Waals surface area contributed by atoms with Crippen LogP contribution in [-0.2, 0) is 14.6 Å². The normalized spacial score (nSPS) is 13.0. The number of benzene rings is 1. The zero-order valence-corrected chi connectivity index (χ0v) is 13.2. The van der Waals surface area contributed by atoms with E-state index in [2.05, 4.69) is 5.32 Å². The van der Waals surface area contributed by atoms with Crippen LogP contribution in [0.1, 0.15) is 22.3 Å². The van der Waals surface area contributed by atoms with Gasteiger partial charge in [-0.3, -0.25) is 4.79 Å². The number of rotatable bonds is 7. The minimum atomic E-state index is -3.37. The Morgan fingerprint density at radius 1 is 1.43 bits per heavy atom. The van der Waals surface area contributed by atoms with Crippen LogP contribution in [-0.4, -0.2) is 52.1 Å². The van der Waals surface area contributed by atoms with Gasteiger partial charge in [-0.15, -0.1) is 0 Å². The highest BCUT2D eigenvalue weighted by molar-refractivity contribution is 7.90. The molecule has 2 N–H and O–H groups in total. The number of carbonyl (C=O) groups is 1. The third kappa shape index (κ3) is 5.11. The summed E-state index contributed by atoms with van der Waals surface area (Å²) in [6.07, 6.45) is 1.46. The van der Waals surface area contributed by atoms with E-state index in [9.17, 15) is 13.2 Å². The second kappa shape index (κ2) is 7.53. The summed E-state index contributed by atoms with van der Waals surface area (Å²) in [5.74, 6) is -0.381. The van der Waals surface area contributed by atoms with Crippen molar-refractivity contribution in [3.05, 3.63) is 29.3 Å². The Labute approximate surface area is 125 Å². The molecule has 0 bridgehead atoms. The molecule has 6 nitrogen and oxygen atoms in total. The zero-order chi connectivity index (χ0) is 16.0. The lowest BCUT2D eigenvalue weighted by Gasteiger charge is -2.18. The molecule has 1 atom stereocenters. The lowest BCUT2D eigenvalue weighted by atomic mass is 10.1. The number of sulfone groups is 1. The van der Waals surface area contributed by atoms with Gasteiger partial charge in [0.25, 0.3) is 5.91 Å². The molecule has 0 aromatic heterocycles. The number of aryl methyl sites for hydroxylation is 1. The molecule has 0 radical (unpaired) electrons. The van der Waals surface area contributed by atoms with Crippen LogP contribution in [0.25, 0.3) is 0 Å². The fourth-order valence-corrected chi connectivity index (χ4v) is 2.54. The number of aliphatic hydroxyl groups excluding tert-OH is 1. The van der Waals surface area contributed by atoms with Crippen molar-refractivity contribution in [3.8, 4) is 0 Å². The Balaban J connectivity index is 3.01. The van der Waals surface area contributed by atoms with E-state index in [1.54, 1.807) is 13.0 Å². The van der Waals surface area contributed by atoms with Crippen LogP contribution >= 0.6 is 0 Å². The predicted octanol–water partition coefficient (Wildman–Crippen LogP) is 0.526. The smallest absolute Gasteiger partial charge is 0.251 e. The minimum absolute atomic E-state index is 0.0728. The van der Waals surface area contributed by atoms with Crippen LogP contribution in [0.5, 0.6) is 0 Å². The van der Waals surface area contributed by atoms with Crippen molar-refractivity contribution >= 4 is 15.7 Å². The largest absolute Gasteiger partial charge is 0.396 e. The van der Waals surface area contributed by atoms with E-state index < -0.39 is 9.84 Å². The van der Waals surface area contributed by atoms with Crippen molar-refractivity contribution in [3.63, 3.8) is 0 Å². The molecule has 0 aliphatic carbocycles. The fraction of sp³-hybridized carbons (Fsp3) is 0.500. The number of hydrogen-bond acceptors (Lipinski definition) is 5. The van der Waals surface area contributed by atoms with E-state index in [-0.39, 0.29) is 30.1 Å². The molecular formula is C14H21NO5S. The van der Waals surface area contributed by atoms with E-state index in [4.69, 9.17) is 9.84 Å². The summed E-state index contributed by atoms with van der Waals surface area (Å²) in [5, 5.41) is 11.7. The van der Waals surface area contributed by atoms with Gasteiger partial charge in [0.1, 0.15) is 0 Å². The number of carbonyl (C=O) groups excluding carboxylic acids is 1. The molecule has 1 amide bonds. The maximum atomic E-state index is 12.3. The molecule has 0 fully saturated rings. The van der Waals surface area contributed by atoms with Gasteiger partial charge < -0.3 is 15.2 Å². The topological polar surface area (TPSA) is 92.7 Å². The molecule has 118 valence electrons. The van der Waals surface area contributed by atoms with Gasteiger partial charge in [0.05, 0.1) is 17.5 Å². The lowest BCUT2D eigenvalue weighted by molar-refractivity contribution is 0.0878. The van der Waals surface area contributed by atoms with E-state index in [0.717, 1.165) is 6.26 Å². The quantitative estimate of drug-likeness (QED) is 0.765. The number of nitrogens with one attached hydrogen (secondary N) is 1. The summed E-state index contributed by atoms with van der Waals surface area (Å²) in [6, 6.07) is 4.11. The van der Waals surface area contributed by atoms with Gasteiger partial charge in [-0.25, -0.2) is 8.42 Å². The van der Waals surface area contributed by atoms with Crippen molar-refractivity contribution in [2.45, 2.75) is 24.3 Å². The van der Waals surface area contributed by atoms with Gasteiger partial charge >= 0.3 is 0 Å². The van der Waals surface area contributed by atoms with Crippen LogP contribution in [0.3, 0.4) is 0 Å². The molecule has 1 rings (SSSR count). The fourth-order valence-electron chi connectivity index (χ4n) is 1.89. The van der Waals surface area contributed by atoms with Crippen molar-refractivity contribution in [1.29, 1.82) is 0 Å². The van der Waals surface area contributed by atoms with Crippen LogP contribution in [0.2, 0.25) is 0 Å². The van der Waals surface area contributed by atoms with Gasteiger partial charge in [-0.05, 0) is 31.0 Å². The number of methoxy groups -OCH3 is 1. The molecule has 0 aliphatic rings. The molecule has 21 heavy (non-hydrogen) atoms. The third-order valence-corrected chi connectivity index (χ3v) is 4.17. The maximum absolute atomic E-state index is 12.3. The van der Waals surface area contributed by atoms with Crippen LogP contribution in [0.4, 0.5) is 0 Å². The first-order chi connectivity index (χ1) is 9.79. The number of aliphatic hydroxyl groups is 1. The van der Waals surface area contributed by atoms with Crippen LogP contribution in [0, 0.1) is 6.92 Å². The Bertz CT molecular complexity index is 591. The highest BCUT2D eigenvalue weighted by Gasteiger charge is 2.17. The van der Waals surface area contributed by atoms with Gasteiger partial charge in [-0.1, -0.05) is 6.07 Å². The summed E-state index contributed by atoms with van der Waals surface area (Å²) < 4.78 is 28.1. The summed E-state index contributed by atoms with van der Waals surface area (Å²) in [6.45, 7) is 1.94. The number of ether oxygens (including phenoxy) is 1. The SMILES string of the molecule is COCC(CCO)NC(=O)c1cc(S(C)(=O)=O)ccc1C. The van der Waals surface area contributed by atoms with Gasteiger partial charge in [0.2, 0.25) is 0 Å². The highest BCUT2D eigenvalue weighted by atomic mass is 32.2. The third-order valence-electron chi connectivity index (χ3n) is 3.06. The van der Waals surface area contributed by atoms with Crippen molar-refractivity contribution in [2.24, 2.45) is 0 Å². The average Bonchev–Trinajstić information content (AvgIpc) is 2.38. The van der Waals surface area contributed by atoms with Gasteiger partial charge in [0.15, 0.2) is 9.84 Å². The predicted molar refractivity (Wildman–Crippen MR) is 79.1 cm³/mol. The summed E-state index contributed by atoms with van der Waals surface area (Å²) in [7, 11) is -1.86. The summed E-state index contributed by atoms with van der Waals surface area (Å²) in [4.78, 5) is 12.4. The Morgan fingerprint density at radius 2 is 2.10 bits per heavy atom. The average molecular weight is 315 g/mol. The molecule has 1 aromatic carbocycles. The van der Waals surface area contributed by atoms with E-state index >= 15 is 0 Å². The Kier molecular flexibility index (Phi) is 6.32. The molecular weight excluding hydrogens is 294 g/mol. The first-order valence-corrected chi connectivity index (χ1v) is 8.40. The zero-order valence-electron chi connectivity index (χ0n) is 12.4. The number of amides is 1. The summed E-state index contributed by atoms with van der Waals surface area (Å²) >= 11 is 0. The molecule has 7 heteroatoms. The molecule has 0 saturated heterocycles. The molecule has 0 heterocycles. The monoisotopic (exact) mass is 315 g/mol. The van der Waals surface area contributed by atoms with Crippen LogP contribution in [0.15, 0.2) is 23.1 Å². The second-order valence-electron chi connectivity index (χ2n) is 4.89. The van der Waals surface area contributed by atoms with Crippen LogP contribution < -0.4 is 5.32 Å². The first-order valence-electron chi connectivity index (χ1n) is 6.51. The Morgan fingerprint density at radius 3 is 2.62 bits per heavy atom. The van der Waals surface area contributed by atoms with Gasteiger partial charge in [0, 0.05) is 25.5 Å².